The molecule has 9 nitrogen and oxygen atoms in total. The lowest BCUT2D eigenvalue weighted by Crippen LogP contribution is -2.43. The monoisotopic (exact) mass is 456 g/mol. The van der Waals surface area contributed by atoms with Crippen LogP contribution >= 0.6 is 0 Å². The fourth-order valence-corrected chi connectivity index (χ4v) is 3.88. The van der Waals surface area contributed by atoms with Crippen LogP contribution in [-0.2, 0) is 19.1 Å². The molecule has 0 radical (unpaired) electrons. The molecule has 9 heteroatoms. The summed E-state index contributed by atoms with van der Waals surface area (Å²) >= 11 is 0. The van der Waals surface area contributed by atoms with Gasteiger partial charge < -0.3 is 30.3 Å². The molecule has 2 aromatic carbocycles. The number of nitrogens with one attached hydrogen (secondary N) is 2. The van der Waals surface area contributed by atoms with E-state index in [0.717, 1.165) is 22.3 Å². The van der Waals surface area contributed by atoms with Crippen LogP contribution < -0.4 is 10.6 Å². The topological polar surface area (TPSA) is 134 Å². The molecule has 0 heterocycles. The molecule has 33 heavy (non-hydrogen) atoms. The van der Waals surface area contributed by atoms with Gasteiger partial charge in [0.2, 0.25) is 5.91 Å². The molecule has 0 spiro atoms. The summed E-state index contributed by atoms with van der Waals surface area (Å²) < 4.78 is 10.2. The van der Waals surface area contributed by atoms with Gasteiger partial charge >= 0.3 is 12.1 Å². The molecule has 176 valence electrons. The van der Waals surface area contributed by atoms with Crippen LogP contribution in [0.1, 0.15) is 29.9 Å². The number of benzene rings is 2. The number of amides is 2. The average Bonchev–Trinajstić information content (AvgIpc) is 3.12. The Morgan fingerprint density at radius 2 is 1.64 bits per heavy atom. The number of aliphatic hydroxyl groups excluding tert-OH is 1. The number of rotatable bonds is 11. The lowest BCUT2D eigenvalue weighted by molar-refractivity contribution is -0.142. The molecule has 0 bridgehead atoms. The van der Waals surface area contributed by atoms with Gasteiger partial charge in [-0.25, -0.2) is 9.59 Å². The van der Waals surface area contributed by atoms with E-state index in [9.17, 15) is 19.5 Å². The van der Waals surface area contributed by atoms with Gasteiger partial charge in [0.05, 0.1) is 12.5 Å². The molecular formula is C24H28N2O7. The summed E-state index contributed by atoms with van der Waals surface area (Å²) in [6, 6.07) is 14.8. The molecule has 0 aliphatic heterocycles. The van der Waals surface area contributed by atoms with Gasteiger partial charge in [0.25, 0.3) is 0 Å². The molecule has 0 aromatic heterocycles. The van der Waals surface area contributed by atoms with Gasteiger partial charge in [0.1, 0.15) is 12.6 Å². The Bertz CT molecular complexity index is 949. The van der Waals surface area contributed by atoms with Gasteiger partial charge in [-0.05, 0) is 22.3 Å². The number of aliphatic hydroxyl groups is 1. The quantitative estimate of drug-likeness (QED) is 0.406. The van der Waals surface area contributed by atoms with Crippen LogP contribution in [0.4, 0.5) is 4.79 Å². The van der Waals surface area contributed by atoms with Gasteiger partial charge in [-0.3, -0.25) is 4.79 Å². The third kappa shape index (κ3) is 6.30. The summed E-state index contributed by atoms with van der Waals surface area (Å²) in [6.07, 6.45) is -2.16. The highest BCUT2D eigenvalue weighted by Gasteiger charge is 2.29. The van der Waals surface area contributed by atoms with Crippen LogP contribution in [-0.4, -0.2) is 67.2 Å². The molecular weight excluding hydrogens is 428 g/mol. The summed E-state index contributed by atoms with van der Waals surface area (Å²) in [5, 5.41) is 23.9. The summed E-state index contributed by atoms with van der Waals surface area (Å²) in [5.41, 5.74) is 4.41. The SMILES string of the molecule is COCCC(NC(=O)CC(O)CNC(=O)OCC1c2ccccc2-c2ccccc21)C(=O)O. The molecule has 2 amide bonds. The number of fused-ring (bicyclic) bond motifs is 3. The summed E-state index contributed by atoms with van der Waals surface area (Å²) in [5.74, 6) is -1.91. The van der Waals surface area contributed by atoms with Crippen molar-refractivity contribution in [1.29, 1.82) is 0 Å². The van der Waals surface area contributed by atoms with Crippen molar-refractivity contribution in [1.82, 2.24) is 10.6 Å². The van der Waals surface area contributed by atoms with Crippen molar-refractivity contribution in [2.75, 3.05) is 26.9 Å². The molecule has 2 unspecified atom stereocenters. The van der Waals surface area contributed by atoms with Crippen molar-refractivity contribution >= 4 is 18.0 Å². The molecule has 0 saturated heterocycles. The fourth-order valence-electron chi connectivity index (χ4n) is 3.88. The van der Waals surface area contributed by atoms with Crippen molar-refractivity contribution in [3.63, 3.8) is 0 Å². The van der Waals surface area contributed by atoms with E-state index in [1.54, 1.807) is 0 Å². The standard InChI is InChI=1S/C24H28N2O7/c1-32-11-10-21(23(29)30)26-22(28)12-15(27)13-25-24(31)33-14-20-18-8-4-2-6-16(18)17-7-3-5-9-19(17)20/h2-9,15,20-21,27H,10-14H2,1H3,(H,25,31)(H,26,28)(H,29,30). The maximum atomic E-state index is 12.2. The normalized spacial score (nSPS) is 14.0. The summed E-state index contributed by atoms with van der Waals surface area (Å²) in [7, 11) is 1.43. The zero-order chi connectivity index (χ0) is 23.8. The van der Waals surface area contributed by atoms with Crippen LogP contribution in [0, 0.1) is 0 Å². The maximum absolute atomic E-state index is 12.2. The number of carbonyl (C=O) groups excluding carboxylic acids is 2. The molecule has 3 rings (SSSR count). The van der Waals surface area contributed by atoms with Crippen LogP contribution in [0.15, 0.2) is 48.5 Å². The number of aliphatic carboxylic acids is 1. The van der Waals surface area contributed by atoms with Crippen LogP contribution in [0.5, 0.6) is 0 Å². The number of carboxylic acid groups (broad SMARTS) is 1. The highest BCUT2D eigenvalue weighted by Crippen LogP contribution is 2.44. The Kier molecular flexibility index (Phi) is 8.39. The Labute approximate surface area is 191 Å². The van der Waals surface area contributed by atoms with Crippen molar-refractivity contribution in [2.45, 2.75) is 30.9 Å². The van der Waals surface area contributed by atoms with E-state index >= 15 is 0 Å². The smallest absolute Gasteiger partial charge is 0.407 e. The Morgan fingerprint density at radius 3 is 2.21 bits per heavy atom. The predicted octanol–water partition coefficient (Wildman–Crippen LogP) is 1.88. The molecule has 2 atom stereocenters. The van der Waals surface area contributed by atoms with E-state index in [0.29, 0.717) is 0 Å². The third-order valence-electron chi connectivity index (χ3n) is 5.49. The van der Waals surface area contributed by atoms with E-state index in [4.69, 9.17) is 14.6 Å². The number of carboxylic acids is 1. The van der Waals surface area contributed by atoms with E-state index in [-0.39, 0.29) is 38.5 Å². The minimum atomic E-state index is -1.19. The average molecular weight is 456 g/mol. The fraction of sp³-hybridized carbons (Fsp3) is 0.375. The zero-order valence-electron chi connectivity index (χ0n) is 18.3. The van der Waals surface area contributed by atoms with E-state index in [2.05, 4.69) is 10.6 Å². The Morgan fingerprint density at radius 1 is 1.03 bits per heavy atom. The minimum Gasteiger partial charge on any atom is -0.480 e. The number of alkyl carbamates (subject to hydrolysis) is 1. The zero-order valence-corrected chi connectivity index (χ0v) is 18.3. The second kappa shape index (κ2) is 11.4. The van der Waals surface area contributed by atoms with Crippen molar-refractivity contribution in [3.05, 3.63) is 59.7 Å². The van der Waals surface area contributed by atoms with Gasteiger partial charge in [-0.1, -0.05) is 48.5 Å². The second-order valence-corrected chi connectivity index (χ2v) is 7.80. The Hall–Kier alpha value is -3.43. The van der Waals surface area contributed by atoms with Crippen LogP contribution in [0.3, 0.4) is 0 Å². The Balaban J connectivity index is 1.45. The number of carbonyl (C=O) groups is 3. The highest BCUT2D eigenvalue weighted by molar-refractivity contribution is 5.83. The lowest BCUT2D eigenvalue weighted by atomic mass is 9.98. The summed E-state index contributed by atoms with van der Waals surface area (Å²) in [6.45, 7) is 0.0965. The number of methoxy groups -OCH3 is 1. The lowest BCUT2D eigenvalue weighted by Gasteiger charge is -2.17. The van der Waals surface area contributed by atoms with Crippen molar-refractivity contribution < 1.29 is 34.1 Å². The molecule has 1 aliphatic rings. The highest BCUT2D eigenvalue weighted by atomic mass is 16.5. The predicted molar refractivity (Wildman–Crippen MR) is 120 cm³/mol. The van der Waals surface area contributed by atoms with E-state index in [1.165, 1.54) is 7.11 Å². The first-order valence-corrected chi connectivity index (χ1v) is 10.7. The number of hydrogen-bond acceptors (Lipinski definition) is 6. The first kappa shape index (κ1) is 24.2. The van der Waals surface area contributed by atoms with Gasteiger partial charge in [0.15, 0.2) is 0 Å². The number of hydrogen-bond donors (Lipinski definition) is 4. The van der Waals surface area contributed by atoms with E-state index in [1.807, 2.05) is 48.5 Å². The van der Waals surface area contributed by atoms with Crippen LogP contribution in [0.2, 0.25) is 0 Å². The molecule has 0 saturated carbocycles. The molecule has 2 aromatic rings. The second-order valence-electron chi connectivity index (χ2n) is 7.80. The van der Waals surface area contributed by atoms with Crippen molar-refractivity contribution in [3.8, 4) is 11.1 Å². The first-order valence-electron chi connectivity index (χ1n) is 10.7. The van der Waals surface area contributed by atoms with Crippen LogP contribution in [0.25, 0.3) is 11.1 Å². The van der Waals surface area contributed by atoms with Gasteiger partial charge in [-0.2, -0.15) is 0 Å². The summed E-state index contributed by atoms with van der Waals surface area (Å²) in [4.78, 5) is 35.3. The maximum Gasteiger partial charge on any atom is 0.407 e. The molecule has 1 aliphatic carbocycles. The molecule has 0 fully saturated rings. The molecule has 4 N–H and O–H groups in total. The minimum absolute atomic E-state index is 0.0843. The number of ether oxygens (including phenoxy) is 2. The van der Waals surface area contributed by atoms with Gasteiger partial charge in [-0.15, -0.1) is 0 Å². The third-order valence-corrected chi connectivity index (χ3v) is 5.49. The first-order chi connectivity index (χ1) is 15.9. The van der Waals surface area contributed by atoms with Gasteiger partial charge in [0, 0.05) is 32.6 Å². The van der Waals surface area contributed by atoms with Crippen molar-refractivity contribution in [2.24, 2.45) is 0 Å². The largest absolute Gasteiger partial charge is 0.480 e. The van der Waals surface area contributed by atoms with E-state index < -0.39 is 30.1 Å².